The summed E-state index contributed by atoms with van der Waals surface area (Å²) in [5.74, 6) is -3.76. The van der Waals surface area contributed by atoms with Crippen molar-refractivity contribution in [2.75, 3.05) is 11.1 Å². The number of nitrogens with one attached hydrogen (secondary N) is 2. The van der Waals surface area contributed by atoms with Gasteiger partial charge in [0, 0.05) is 11.2 Å². The molecule has 0 aliphatic heterocycles. The Morgan fingerprint density at radius 2 is 1.65 bits per heavy atom. The molecular formula is C30H23F4N3O4S2. The van der Waals surface area contributed by atoms with E-state index in [1.165, 1.54) is 11.3 Å². The molecule has 7 nitrogen and oxygen atoms in total. The Balaban J connectivity index is 0.000000541. The Hall–Kier alpha value is -4.75. The lowest BCUT2D eigenvalue weighted by Crippen LogP contribution is -2.26. The third-order valence-corrected chi connectivity index (χ3v) is 7.78. The van der Waals surface area contributed by atoms with Gasteiger partial charge >= 0.3 is 12.1 Å². The van der Waals surface area contributed by atoms with Crippen LogP contribution >= 0.6 is 22.7 Å². The SMILES string of the molecule is Nc1ccc(-c2ccsc2)cc1NC(=O)c1cc2ccc(C(F)C(=O)NCc3ccccc3)cc2s1.O=C(O)C(F)(F)F. The zero-order valence-corrected chi connectivity index (χ0v) is 23.7. The average Bonchev–Trinajstić information content (AvgIpc) is 3.67. The molecule has 0 bridgehead atoms. The summed E-state index contributed by atoms with van der Waals surface area (Å²) in [5, 5.41) is 17.5. The number of aliphatic carboxylic acids is 1. The maximum atomic E-state index is 14.9. The number of nitrogens with two attached hydrogens (primary N) is 1. The molecule has 0 fully saturated rings. The number of benzene rings is 3. The van der Waals surface area contributed by atoms with Crippen LogP contribution in [0.4, 0.5) is 28.9 Å². The lowest BCUT2D eigenvalue weighted by atomic mass is 10.1. The first-order valence-electron chi connectivity index (χ1n) is 12.4. The first-order valence-corrected chi connectivity index (χ1v) is 14.2. The van der Waals surface area contributed by atoms with E-state index in [-0.39, 0.29) is 18.0 Å². The molecule has 0 saturated heterocycles. The van der Waals surface area contributed by atoms with Crippen molar-refractivity contribution in [3.05, 3.63) is 106 Å². The minimum atomic E-state index is -5.08. The van der Waals surface area contributed by atoms with Crippen molar-refractivity contribution in [2.24, 2.45) is 0 Å². The number of hydrogen-bond acceptors (Lipinski definition) is 6. The fraction of sp³-hybridized carbons (Fsp3) is 0.100. The molecule has 2 aromatic heterocycles. The molecule has 0 saturated carbocycles. The van der Waals surface area contributed by atoms with Crippen LogP contribution < -0.4 is 16.4 Å². The van der Waals surface area contributed by atoms with E-state index in [1.54, 1.807) is 41.7 Å². The van der Waals surface area contributed by atoms with E-state index in [0.717, 1.165) is 26.8 Å². The fourth-order valence-electron chi connectivity index (χ4n) is 3.80. The zero-order chi connectivity index (χ0) is 31.1. The van der Waals surface area contributed by atoms with Gasteiger partial charge in [0.15, 0.2) is 0 Å². The Bertz CT molecular complexity index is 1740. The van der Waals surface area contributed by atoms with Crippen LogP contribution in [0.3, 0.4) is 0 Å². The summed E-state index contributed by atoms with van der Waals surface area (Å²) in [4.78, 5) is 34.7. The second-order valence-corrected chi connectivity index (χ2v) is 10.9. The molecule has 0 aliphatic rings. The van der Waals surface area contributed by atoms with Crippen molar-refractivity contribution in [1.29, 1.82) is 0 Å². The molecule has 0 radical (unpaired) electrons. The Labute approximate surface area is 250 Å². The number of carbonyl (C=O) groups is 3. The predicted octanol–water partition coefficient (Wildman–Crippen LogP) is 7.42. The van der Waals surface area contributed by atoms with E-state index in [1.807, 2.05) is 59.3 Å². The summed E-state index contributed by atoms with van der Waals surface area (Å²) in [5.41, 5.74) is 10.2. The molecule has 0 spiro atoms. The third-order valence-electron chi connectivity index (χ3n) is 6.00. The number of carbonyl (C=O) groups excluding carboxylic acids is 2. The molecule has 0 aliphatic carbocycles. The summed E-state index contributed by atoms with van der Waals surface area (Å²) in [6, 6.07) is 23.5. The minimum Gasteiger partial charge on any atom is -0.475 e. The monoisotopic (exact) mass is 629 g/mol. The second kappa shape index (κ2) is 13.5. The molecule has 13 heteroatoms. The van der Waals surface area contributed by atoms with Crippen molar-refractivity contribution in [2.45, 2.75) is 18.9 Å². The Morgan fingerprint density at radius 3 is 2.30 bits per heavy atom. The van der Waals surface area contributed by atoms with E-state index in [2.05, 4.69) is 10.6 Å². The molecule has 1 unspecified atom stereocenters. The number of carboxylic acids is 1. The van der Waals surface area contributed by atoms with Crippen molar-refractivity contribution in [3.8, 4) is 11.1 Å². The number of carboxylic acid groups (broad SMARTS) is 1. The van der Waals surface area contributed by atoms with E-state index in [4.69, 9.17) is 15.6 Å². The van der Waals surface area contributed by atoms with Crippen LogP contribution in [-0.4, -0.2) is 29.1 Å². The second-order valence-electron chi connectivity index (χ2n) is 9.04. The molecule has 1 atom stereocenters. The van der Waals surface area contributed by atoms with E-state index >= 15 is 0 Å². The summed E-state index contributed by atoms with van der Waals surface area (Å²) in [6.07, 6.45) is -6.89. The molecule has 2 amide bonds. The van der Waals surface area contributed by atoms with Crippen LogP contribution in [0.15, 0.2) is 89.6 Å². The van der Waals surface area contributed by atoms with Crippen molar-refractivity contribution in [3.63, 3.8) is 0 Å². The van der Waals surface area contributed by atoms with Crippen molar-refractivity contribution < 1.29 is 37.1 Å². The standard InChI is InChI=1S/C28H22FN3O2S2.C2HF3O2/c29-26(28(34)31-15-17-4-2-1-3-5-17)20-7-6-19-13-25(36-24(19)14-20)27(33)32-23-12-18(8-9-22(23)30)21-10-11-35-16-21;3-2(4,5)1(6)7/h1-14,16,26H,15,30H2,(H,31,34)(H,32,33);(H,6,7). The highest BCUT2D eigenvalue weighted by molar-refractivity contribution is 7.20. The van der Waals surface area contributed by atoms with Gasteiger partial charge in [-0.25, -0.2) is 9.18 Å². The minimum absolute atomic E-state index is 0.245. The van der Waals surface area contributed by atoms with Gasteiger partial charge in [0.05, 0.1) is 16.3 Å². The van der Waals surface area contributed by atoms with Gasteiger partial charge in [0.25, 0.3) is 11.8 Å². The van der Waals surface area contributed by atoms with Gasteiger partial charge in [-0.05, 0) is 68.7 Å². The number of alkyl halides is 4. The lowest BCUT2D eigenvalue weighted by Gasteiger charge is -2.10. The summed E-state index contributed by atoms with van der Waals surface area (Å²) >= 11 is 2.83. The largest absolute Gasteiger partial charge is 0.490 e. The van der Waals surface area contributed by atoms with Gasteiger partial charge in [-0.3, -0.25) is 9.59 Å². The zero-order valence-electron chi connectivity index (χ0n) is 22.0. The van der Waals surface area contributed by atoms with Crippen LogP contribution in [0.2, 0.25) is 0 Å². The molecule has 222 valence electrons. The number of fused-ring (bicyclic) bond motifs is 1. The molecule has 3 aromatic carbocycles. The highest BCUT2D eigenvalue weighted by atomic mass is 32.1. The maximum Gasteiger partial charge on any atom is 0.490 e. The van der Waals surface area contributed by atoms with Gasteiger partial charge < -0.3 is 21.5 Å². The van der Waals surface area contributed by atoms with Gasteiger partial charge in [0.1, 0.15) is 0 Å². The fourth-order valence-corrected chi connectivity index (χ4v) is 5.47. The normalized spacial score (nSPS) is 11.7. The first-order chi connectivity index (χ1) is 20.4. The van der Waals surface area contributed by atoms with Gasteiger partial charge in [-0.1, -0.05) is 48.5 Å². The van der Waals surface area contributed by atoms with Crippen LogP contribution in [-0.2, 0) is 16.1 Å². The Morgan fingerprint density at radius 1 is 0.930 bits per heavy atom. The molecule has 5 rings (SSSR count). The van der Waals surface area contributed by atoms with Gasteiger partial charge in [0.2, 0.25) is 6.17 Å². The summed E-state index contributed by atoms with van der Waals surface area (Å²) < 4.78 is 47.4. The predicted molar refractivity (Wildman–Crippen MR) is 160 cm³/mol. The smallest absolute Gasteiger partial charge is 0.475 e. The number of hydrogen-bond donors (Lipinski definition) is 4. The van der Waals surface area contributed by atoms with Crippen LogP contribution in [0.5, 0.6) is 0 Å². The van der Waals surface area contributed by atoms with Crippen molar-refractivity contribution in [1.82, 2.24) is 5.32 Å². The molecule has 5 aromatic rings. The first kappa shape index (κ1) is 31.2. The van der Waals surface area contributed by atoms with Crippen LogP contribution in [0.25, 0.3) is 21.2 Å². The topological polar surface area (TPSA) is 122 Å². The molecule has 5 N–H and O–H groups in total. The average molecular weight is 630 g/mol. The lowest BCUT2D eigenvalue weighted by molar-refractivity contribution is -0.192. The van der Waals surface area contributed by atoms with Gasteiger partial charge in [-0.15, -0.1) is 11.3 Å². The Kier molecular flexibility index (Phi) is 9.78. The highest BCUT2D eigenvalue weighted by Gasteiger charge is 2.38. The number of amides is 2. The molecule has 43 heavy (non-hydrogen) atoms. The quantitative estimate of drug-likeness (QED) is 0.110. The van der Waals surface area contributed by atoms with Gasteiger partial charge in [-0.2, -0.15) is 24.5 Å². The summed E-state index contributed by atoms with van der Waals surface area (Å²) in [7, 11) is 0. The molecule has 2 heterocycles. The highest BCUT2D eigenvalue weighted by Crippen LogP contribution is 2.32. The van der Waals surface area contributed by atoms with E-state index in [0.29, 0.717) is 16.3 Å². The number of halogens is 4. The molecular weight excluding hydrogens is 606 g/mol. The maximum absolute atomic E-state index is 14.9. The third kappa shape index (κ3) is 8.17. The van der Waals surface area contributed by atoms with E-state index in [9.17, 15) is 27.2 Å². The summed E-state index contributed by atoms with van der Waals surface area (Å²) in [6.45, 7) is 0.252. The number of thiophene rings is 2. The number of rotatable bonds is 7. The van der Waals surface area contributed by atoms with Crippen LogP contribution in [0, 0.1) is 0 Å². The van der Waals surface area contributed by atoms with E-state index < -0.39 is 24.2 Å². The number of nitrogen functional groups attached to an aromatic ring is 1. The van der Waals surface area contributed by atoms with Crippen LogP contribution in [0.1, 0.15) is 27.0 Å². The van der Waals surface area contributed by atoms with Crippen molar-refractivity contribution >= 4 is 61.9 Å². The number of anilines is 2.